The lowest BCUT2D eigenvalue weighted by molar-refractivity contribution is -0.151. The van der Waals surface area contributed by atoms with Gasteiger partial charge in [0, 0.05) is 6.54 Å². The molecule has 0 aliphatic heterocycles. The summed E-state index contributed by atoms with van der Waals surface area (Å²) in [5.74, 6) is 0.434. The van der Waals surface area contributed by atoms with Crippen molar-refractivity contribution < 1.29 is 9.90 Å². The van der Waals surface area contributed by atoms with E-state index < -0.39 is 11.5 Å². The van der Waals surface area contributed by atoms with Gasteiger partial charge in [0.25, 0.3) is 0 Å². The number of carboxylic acids is 1. The molecule has 0 bridgehead atoms. The Balaban J connectivity index is 2.62. The molecule has 0 aromatic carbocycles. The highest BCUT2D eigenvalue weighted by Crippen LogP contribution is 2.31. The molecule has 0 heterocycles. The van der Waals surface area contributed by atoms with Crippen LogP contribution in [0, 0.1) is 11.8 Å². The fraction of sp³-hybridized carbons (Fsp3) is 0.923. The molecule has 1 aliphatic carbocycles. The fourth-order valence-corrected chi connectivity index (χ4v) is 2.47. The van der Waals surface area contributed by atoms with Gasteiger partial charge in [-0.2, -0.15) is 0 Å². The lowest BCUT2D eigenvalue weighted by Gasteiger charge is -2.40. The Morgan fingerprint density at radius 2 is 2.06 bits per heavy atom. The van der Waals surface area contributed by atoms with Gasteiger partial charge >= 0.3 is 5.97 Å². The predicted octanol–water partition coefficient (Wildman–Crippen LogP) is 2.61. The molecular weight excluding hydrogens is 202 g/mol. The summed E-state index contributed by atoms with van der Waals surface area (Å²) < 4.78 is 0. The largest absolute Gasteiger partial charge is 0.480 e. The molecule has 0 radical (unpaired) electrons. The van der Waals surface area contributed by atoms with E-state index in [1.54, 1.807) is 0 Å². The Hall–Kier alpha value is -0.570. The molecule has 1 aliphatic rings. The van der Waals surface area contributed by atoms with Crippen LogP contribution in [0.2, 0.25) is 0 Å². The van der Waals surface area contributed by atoms with Crippen LogP contribution < -0.4 is 0 Å². The van der Waals surface area contributed by atoms with Crippen LogP contribution in [-0.4, -0.2) is 35.1 Å². The highest BCUT2D eigenvalue weighted by molar-refractivity contribution is 5.78. The van der Waals surface area contributed by atoms with E-state index in [0.29, 0.717) is 12.3 Å². The van der Waals surface area contributed by atoms with Gasteiger partial charge < -0.3 is 5.11 Å². The van der Waals surface area contributed by atoms with E-state index >= 15 is 0 Å². The average Bonchev–Trinajstić information content (AvgIpc) is 2.09. The van der Waals surface area contributed by atoms with Crippen molar-refractivity contribution in [2.75, 3.05) is 13.6 Å². The standard InChI is InChI=1S/C13H25NO2/c1-10(2)8-13(3,12(15)16)14(4)9-11-6-5-7-11/h10-11H,5-9H2,1-4H3,(H,15,16). The van der Waals surface area contributed by atoms with Crippen LogP contribution in [0.3, 0.4) is 0 Å². The second-order valence-electron chi connectivity index (χ2n) is 5.85. The van der Waals surface area contributed by atoms with Crippen molar-refractivity contribution in [1.82, 2.24) is 4.90 Å². The van der Waals surface area contributed by atoms with E-state index in [2.05, 4.69) is 13.8 Å². The maximum atomic E-state index is 11.4. The second kappa shape index (κ2) is 5.17. The van der Waals surface area contributed by atoms with Crippen LogP contribution in [-0.2, 0) is 4.79 Å². The molecule has 1 saturated carbocycles. The lowest BCUT2D eigenvalue weighted by atomic mass is 9.82. The fourth-order valence-electron chi connectivity index (χ4n) is 2.47. The van der Waals surface area contributed by atoms with Crippen molar-refractivity contribution in [2.24, 2.45) is 11.8 Å². The van der Waals surface area contributed by atoms with Gasteiger partial charge in [0.15, 0.2) is 0 Å². The molecular formula is C13H25NO2. The van der Waals surface area contributed by atoms with Gasteiger partial charge in [0.05, 0.1) is 0 Å². The van der Waals surface area contributed by atoms with Gasteiger partial charge in [-0.1, -0.05) is 20.3 Å². The summed E-state index contributed by atoms with van der Waals surface area (Å²) in [4.78, 5) is 13.5. The van der Waals surface area contributed by atoms with Gasteiger partial charge in [-0.3, -0.25) is 9.69 Å². The molecule has 1 unspecified atom stereocenters. The molecule has 16 heavy (non-hydrogen) atoms. The number of nitrogens with zero attached hydrogens (tertiary/aromatic N) is 1. The summed E-state index contributed by atoms with van der Waals surface area (Å²) in [7, 11) is 1.95. The molecule has 0 amide bonds. The van der Waals surface area contributed by atoms with E-state index in [1.807, 2.05) is 18.9 Å². The first-order valence-corrected chi connectivity index (χ1v) is 6.31. The molecule has 0 aromatic rings. The van der Waals surface area contributed by atoms with Crippen LogP contribution in [0.4, 0.5) is 0 Å². The van der Waals surface area contributed by atoms with Crippen molar-refractivity contribution in [3.05, 3.63) is 0 Å². The molecule has 3 nitrogen and oxygen atoms in total. The monoisotopic (exact) mass is 227 g/mol. The number of likely N-dealkylation sites (N-methyl/N-ethyl adjacent to an activating group) is 1. The summed E-state index contributed by atoms with van der Waals surface area (Å²) in [5, 5.41) is 9.41. The number of hydrogen-bond donors (Lipinski definition) is 1. The zero-order chi connectivity index (χ0) is 12.3. The lowest BCUT2D eigenvalue weighted by Crippen LogP contribution is -2.53. The smallest absolute Gasteiger partial charge is 0.323 e. The minimum atomic E-state index is -0.705. The SMILES string of the molecule is CC(C)CC(C)(C(=O)O)N(C)CC1CCC1. The molecule has 94 valence electrons. The Bertz CT molecular complexity index is 248. The van der Waals surface area contributed by atoms with Crippen molar-refractivity contribution >= 4 is 5.97 Å². The topological polar surface area (TPSA) is 40.5 Å². The molecule has 1 N–H and O–H groups in total. The van der Waals surface area contributed by atoms with Crippen LogP contribution in [0.5, 0.6) is 0 Å². The minimum absolute atomic E-state index is 0.407. The number of carbonyl (C=O) groups is 1. The van der Waals surface area contributed by atoms with Gasteiger partial charge in [-0.25, -0.2) is 0 Å². The predicted molar refractivity (Wildman–Crippen MR) is 65.5 cm³/mol. The number of rotatable bonds is 6. The van der Waals surface area contributed by atoms with E-state index in [-0.39, 0.29) is 0 Å². The maximum Gasteiger partial charge on any atom is 0.323 e. The van der Waals surface area contributed by atoms with Crippen LogP contribution in [0.15, 0.2) is 0 Å². The Morgan fingerprint density at radius 1 is 1.50 bits per heavy atom. The molecule has 0 saturated heterocycles. The highest BCUT2D eigenvalue weighted by Gasteiger charge is 2.39. The maximum absolute atomic E-state index is 11.4. The van der Waals surface area contributed by atoms with Crippen LogP contribution in [0.1, 0.15) is 46.5 Å². The summed E-state index contributed by atoms with van der Waals surface area (Å²) in [6.07, 6.45) is 4.56. The molecule has 1 fully saturated rings. The quantitative estimate of drug-likeness (QED) is 0.758. The van der Waals surface area contributed by atoms with Crippen molar-refractivity contribution in [3.63, 3.8) is 0 Å². The third-order valence-corrected chi connectivity index (χ3v) is 3.87. The number of carboxylic acid groups (broad SMARTS) is 1. The molecule has 1 atom stereocenters. The summed E-state index contributed by atoms with van der Waals surface area (Å²) in [5.41, 5.74) is -0.705. The first kappa shape index (κ1) is 13.5. The van der Waals surface area contributed by atoms with Crippen molar-refractivity contribution in [3.8, 4) is 0 Å². The Kier molecular flexibility index (Phi) is 4.36. The zero-order valence-corrected chi connectivity index (χ0v) is 11.0. The van der Waals surface area contributed by atoms with E-state index in [9.17, 15) is 9.90 Å². The normalized spacial score (nSPS) is 20.9. The molecule has 0 spiro atoms. The highest BCUT2D eigenvalue weighted by atomic mass is 16.4. The zero-order valence-electron chi connectivity index (χ0n) is 11.0. The van der Waals surface area contributed by atoms with Crippen molar-refractivity contribution in [2.45, 2.75) is 52.0 Å². The van der Waals surface area contributed by atoms with Gasteiger partial charge in [0.2, 0.25) is 0 Å². The van der Waals surface area contributed by atoms with E-state index in [4.69, 9.17) is 0 Å². The third kappa shape index (κ3) is 2.97. The number of hydrogen-bond acceptors (Lipinski definition) is 2. The first-order chi connectivity index (χ1) is 7.36. The van der Waals surface area contributed by atoms with E-state index in [0.717, 1.165) is 12.5 Å². The Labute approximate surface area is 98.8 Å². The molecule has 1 rings (SSSR count). The summed E-state index contributed by atoms with van der Waals surface area (Å²) in [6, 6.07) is 0. The molecule has 3 heteroatoms. The van der Waals surface area contributed by atoms with Crippen molar-refractivity contribution in [1.29, 1.82) is 0 Å². The molecule has 0 aromatic heterocycles. The number of aliphatic carboxylic acids is 1. The minimum Gasteiger partial charge on any atom is -0.480 e. The average molecular weight is 227 g/mol. The third-order valence-electron chi connectivity index (χ3n) is 3.87. The van der Waals surface area contributed by atoms with Gasteiger partial charge in [-0.05, 0) is 45.1 Å². The van der Waals surface area contributed by atoms with Crippen LogP contribution in [0.25, 0.3) is 0 Å². The second-order valence-corrected chi connectivity index (χ2v) is 5.85. The van der Waals surface area contributed by atoms with E-state index in [1.165, 1.54) is 19.3 Å². The summed E-state index contributed by atoms with van der Waals surface area (Å²) in [6.45, 7) is 6.94. The Morgan fingerprint density at radius 3 is 2.38 bits per heavy atom. The van der Waals surface area contributed by atoms with Gasteiger partial charge in [-0.15, -0.1) is 0 Å². The first-order valence-electron chi connectivity index (χ1n) is 6.31. The van der Waals surface area contributed by atoms with Gasteiger partial charge in [0.1, 0.15) is 5.54 Å². The van der Waals surface area contributed by atoms with Crippen LogP contribution >= 0.6 is 0 Å². The summed E-state index contributed by atoms with van der Waals surface area (Å²) >= 11 is 0.